The maximum absolute atomic E-state index is 15.0. The molecule has 4 rings (SSSR count). The smallest absolute Gasteiger partial charge is 0.386 e. The lowest BCUT2D eigenvalue weighted by Crippen LogP contribution is -2.55. The number of aromatic nitrogens is 3. The standard InChI is InChI=1S/C27H38F5N3O3S/c1-18(26(36,15-35-17-33-16-34-35)23-11-10-21(28)12-24(23)29)39-22-13-37-25(38-14-22)5-3-2-4-19-6-8-20(9-7-19)27(30,31)32/h2-5,16-25,36H,6-15H2,1H3/b4-2?,5-3+. The van der Waals surface area contributed by atoms with Crippen LogP contribution < -0.4 is 0 Å². The van der Waals surface area contributed by atoms with E-state index in [0.717, 1.165) is 0 Å². The van der Waals surface area contributed by atoms with Crippen molar-refractivity contribution in [1.82, 2.24) is 14.8 Å². The number of halogens is 5. The maximum Gasteiger partial charge on any atom is 0.391 e. The van der Waals surface area contributed by atoms with E-state index in [-0.39, 0.29) is 49.8 Å². The molecule has 39 heavy (non-hydrogen) atoms. The summed E-state index contributed by atoms with van der Waals surface area (Å²) in [5.74, 6) is -1.77. The number of allylic oxidation sites excluding steroid dienone is 3. The van der Waals surface area contributed by atoms with Gasteiger partial charge in [-0.05, 0) is 50.5 Å². The van der Waals surface area contributed by atoms with Crippen LogP contribution in [0.3, 0.4) is 0 Å². The van der Waals surface area contributed by atoms with Crippen molar-refractivity contribution in [2.45, 2.75) is 99.3 Å². The van der Waals surface area contributed by atoms with Gasteiger partial charge in [0, 0.05) is 17.6 Å². The van der Waals surface area contributed by atoms with Gasteiger partial charge in [-0.3, -0.25) is 4.68 Å². The van der Waals surface area contributed by atoms with Gasteiger partial charge >= 0.3 is 6.18 Å². The quantitative estimate of drug-likeness (QED) is 0.293. The highest BCUT2D eigenvalue weighted by Gasteiger charge is 2.49. The fourth-order valence-corrected chi connectivity index (χ4v) is 7.24. The van der Waals surface area contributed by atoms with E-state index in [1.165, 1.54) is 29.1 Å². The Kier molecular flexibility index (Phi) is 10.5. The first kappa shape index (κ1) is 30.5. The van der Waals surface area contributed by atoms with Crippen molar-refractivity contribution >= 4 is 11.8 Å². The van der Waals surface area contributed by atoms with Gasteiger partial charge in [-0.15, -0.1) is 11.8 Å². The summed E-state index contributed by atoms with van der Waals surface area (Å²) < 4.78 is 80.4. The van der Waals surface area contributed by atoms with Crippen LogP contribution in [0.25, 0.3) is 0 Å². The van der Waals surface area contributed by atoms with Gasteiger partial charge in [0.05, 0.1) is 30.9 Å². The Morgan fingerprint density at radius 1 is 1.05 bits per heavy atom. The van der Waals surface area contributed by atoms with E-state index >= 15 is 0 Å². The van der Waals surface area contributed by atoms with E-state index in [0.29, 0.717) is 26.1 Å². The summed E-state index contributed by atoms with van der Waals surface area (Å²) >= 11 is 1.46. The third kappa shape index (κ3) is 8.27. The second-order valence-corrected chi connectivity index (χ2v) is 12.6. The van der Waals surface area contributed by atoms with E-state index in [9.17, 15) is 27.1 Å². The monoisotopic (exact) mass is 579 g/mol. The Morgan fingerprint density at radius 2 is 1.74 bits per heavy atom. The zero-order chi connectivity index (χ0) is 28.0. The van der Waals surface area contributed by atoms with E-state index in [2.05, 4.69) is 10.1 Å². The molecular weight excluding hydrogens is 541 g/mol. The van der Waals surface area contributed by atoms with Crippen LogP contribution >= 0.6 is 11.8 Å². The summed E-state index contributed by atoms with van der Waals surface area (Å²) in [6.07, 6.45) is 4.51. The molecular formula is C27H38F5N3O3S. The molecule has 1 saturated heterocycles. The van der Waals surface area contributed by atoms with E-state index in [4.69, 9.17) is 9.47 Å². The van der Waals surface area contributed by atoms with Crippen LogP contribution in [0.4, 0.5) is 22.0 Å². The zero-order valence-corrected chi connectivity index (χ0v) is 22.9. The molecule has 5 atom stereocenters. The highest BCUT2D eigenvalue weighted by Crippen LogP contribution is 2.43. The third-order valence-corrected chi connectivity index (χ3v) is 9.70. The molecule has 12 heteroatoms. The minimum atomic E-state index is -4.10. The van der Waals surface area contributed by atoms with Gasteiger partial charge in [-0.25, -0.2) is 13.8 Å². The average molecular weight is 580 g/mol. The molecule has 3 fully saturated rings. The highest BCUT2D eigenvalue weighted by atomic mass is 32.2. The van der Waals surface area contributed by atoms with Gasteiger partial charge in [0.2, 0.25) is 0 Å². The fraction of sp³-hybridized carbons (Fsp3) is 0.778. The number of alkyl halides is 5. The molecule has 0 bridgehead atoms. The summed E-state index contributed by atoms with van der Waals surface area (Å²) in [7, 11) is 0. The molecule has 6 nitrogen and oxygen atoms in total. The predicted molar refractivity (Wildman–Crippen MR) is 138 cm³/mol. The minimum absolute atomic E-state index is 0.0488. The molecule has 0 spiro atoms. The van der Waals surface area contributed by atoms with Crippen molar-refractivity contribution < 1.29 is 36.5 Å². The van der Waals surface area contributed by atoms with Crippen LogP contribution in [0.1, 0.15) is 51.9 Å². The largest absolute Gasteiger partial charge is 0.391 e. The van der Waals surface area contributed by atoms with Crippen molar-refractivity contribution in [2.24, 2.45) is 17.8 Å². The first-order chi connectivity index (χ1) is 18.5. The molecule has 0 aromatic carbocycles. The number of thioether (sulfide) groups is 1. The van der Waals surface area contributed by atoms with Crippen molar-refractivity contribution in [1.29, 1.82) is 0 Å². The van der Waals surface area contributed by atoms with E-state index in [1.54, 1.807) is 12.2 Å². The summed E-state index contributed by atoms with van der Waals surface area (Å²) in [6.45, 7) is 2.62. The second kappa shape index (κ2) is 13.4. The van der Waals surface area contributed by atoms with Crippen LogP contribution in [-0.4, -0.2) is 74.0 Å². The minimum Gasteiger partial charge on any atom is -0.386 e. The Hall–Kier alpha value is -1.50. The molecule has 2 aliphatic carbocycles. The number of rotatable bonds is 9. The fourth-order valence-electron chi connectivity index (χ4n) is 5.86. The molecule has 3 aliphatic rings. The van der Waals surface area contributed by atoms with Gasteiger partial charge in [-0.2, -0.15) is 18.3 Å². The number of ether oxygens (including phenoxy) is 2. The normalized spacial score (nSPS) is 35.3. The molecule has 1 aromatic heterocycles. The van der Waals surface area contributed by atoms with Crippen molar-refractivity contribution in [3.8, 4) is 0 Å². The predicted octanol–water partition coefficient (Wildman–Crippen LogP) is 5.83. The number of nitrogens with zero attached hydrogens (tertiary/aromatic N) is 3. The maximum atomic E-state index is 15.0. The molecule has 0 radical (unpaired) electrons. The molecule has 1 aliphatic heterocycles. The summed E-state index contributed by atoms with van der Waals surface area (Å²) in [4.78, 5) is 3.92. The molecule has 5 unspecified atom stereocenters. The first-order valence-electron chi connectivity index (χ1n) is 13.7. The van der Waals surface area contributed by atoms with Gasteiger partial charge < -0.3 is 14.6 Å². The van der Waals surface area contributed by atoms with Gasteiger partial charge in [0.1, 0.15) is 30.6 Å². The first-order valence-corrected chi connectivity index (χ1v) is 14.6. The third-order valence-electron chi connectivity index (χ3n) is 8.22. The lowest BCUT2D eigenvalue weighted by molar-refractivity contribution is -0.183. The number of hydrogen-bond donors (Lipinski definition) is 1. The molecule has 2 heterocycles. The highest BCUT2D eigenvalue weighted by molar-refractivity contribution is 8.00. The second-order valence-electron chi connectivity index (χ2n) is 11.0. The van der Waals surface area contributed by atoms with Crippen molar-refractivity contribution in [2.75, 3.05) is 13.2 Å². The lowest BCUT2D eigenvalue weighted by Gasteiger charge is -2.45. The summed E-state index contributed by atoms with van der Waals surface area (Å²) in [6, 6.07) is 0. The topological polar surface area (TPSA) is 69.4 Å². The van der Waals surface area contributed by atoms with Crippen LogP contribution in [0, 0.1) is 17.8 Å². The van der Waals surface area contributed by atoms with Crippen LogP contribution in [0.2, 0.25) is 0 Å². The van der Waals surface area contributed by atoms with E-state index < -0.39 is 47.5 Å². The average Bonchev–Trinajstić information content (AvgIpc) is 3.40. The molecule has 0 amide bonds. The number of hydrogen-bond acceptors (Lipinski definition) is 6. The Bertz CT molecular complexity index is 934. The van der Waals surface area contributed by atoms with Crippen LogP contribution in [0.15, 0.2) is 37.0 Å². The molecule has 1 N–H and O–H groups in total. The van der Waals surface area contributed by atoms with Gasteiger partial charge in [0.25, 0.3) is 0 Å². The SMILES string of the molecule is CC(SC1COC(/C=C/C=CC2CCC(C(F)(F)F)CC2)OC1)C(O)(Cn1cncn1)C1CCC(F)CC1F. The Morgan fingerprint density at radius 3 is 2.36 bits per heavy atom. The van der Waals surface area contributed by atoms with Gasteiger partial charge in [0.15, 0.2) is 6.29 Å². The van der Waals surface area contributed by atoms with Crippen molar-refractivity contribution in [3.05, 3.63) is 37.0 Å². The van der Waals surface area contributed by atoms with Crippen molar-refractivity contribution in [3.63, 3.8) is 0 Å². The number of aliphatic hydroxyl groups is 1. The summed E-state index contributed by atoms with van der Waals surface area (Å²) in [5.41, 5.74) is -1.47. The molecule has 220 valence electrons. The van der Waals surface area contributed by atoms with E-state index in [1.807, 2.05) is 19.1 Å². The van der Waals surface area contributed by atoms with Gasteiger partial charge in [-0.1, -0.05) is 25.2 Å². The zero-order valence-electron chi connectivity index (χ0n) is 22.1. The van der Waals surface area contributed by atoms with Crippen LogP contribution in [-0.2, 0) is 16.0 Å². The summed E-state index contributed by atoms with van der Waals surface area (Å²) in [5, 5.41) is 15.4. The Labute approximate surface area is 230 Å². The molecule has 1 aromatic rings. The molecule has 2 saturated carbocycles. The van der Waals surface area contributed by atoms with Crippen LogP contribution in [0.5, 0.6) is 0 Å². The Balaban J connectivity index is 1.25. The lowest BCUT2D eigenvalue weighted by atomic mass is 9.73.